The van der Waals surface area contributed by atoms with Crippen molar-refractivity contribution in [2.24, 2.45) is 0 Å². The molecule has 27 heavy (non-hydrogen) atoms. The molecule has 0 aromatic heterocycles. The molecule has 0 spiro atoms. The number of carbonyl (C=O) groups excluding carboxylic acids is 3. The Labute approximate surface area is 159 Å². The van der Waals surface area contributed by atoms with Crippen LogP contribution in [-0.4, -0.2) is 77.4 Å². The Morgan fingerprint density at radius 3 is 2.19 bits per heavy atom. The van der Waals surface area contributed by atoms with Crippen molar-refractivity contribution in [3.05, 3.63) is 35.9 Å². The van der Waals surface area contributed by atoms with Gasteiger partial charge in [-0.2, -0.15) is 0 Å². The fraction of sp³-hybridized carbons (Fsp3) is 0.550. The zero-order chi connectivity index (χ0) is 19.6. The lowest BCUT2D eigenvalue weighted by Crippen LogP contribution is -2.59. The van der Waals surface area contributed by atoms with E-state index in [0.29, 0.717) is 26.2 Å². The van der Waals surface area contributed by atoms with Gasteiger partial charge in [0, 0.05) is 39.1 Å². The van der Waals surface area contributed by atoms with Gasteiger partial charge in [-0.25, -0.2) is 0 Å². The summed E-state index contributed by atoms with van der Waals surface area (Å²) in [4.78, 5) is 42.5. The molecule has 3 rings (SSSR count). The maximum Gasteiger partial charge on any atom is 0.254 e. The molecule has 0 bridgehead atoms. The monoisotopic (exact) mass is 373 g/mol. The SMILES string of the molecule is CC(=O)N1CCN(C(=O)[C@H]2OCC(=O)N(C(C)C)[C@@H]2c2ccccc2)CC1. The first kappa shape index (κ1) is 19.4. The van der Waals surface area contributed by atoms with Gasteiger partial charge in [0.25, 0.3) is 5.91 Å². The van der Waals surface area contributed by atoms with Crippen LogP contribution < -0.4 is 0 Å². The summed E-state index contributed by atoms with van der Waals surface area (Å²) in [5, 5.41) is 0. The van der Waals surface area contributed by atoms with Crippen LogP contribution in [0.1, 0.15) is 32.4 Å². The van der Waals surface area contributed by atoms with Crippen LogP contribution in [0.25, 0.3) is 0 Å². The topological polar surface area (TPSA) is 70.2 Å². The van der Waals surface area contributed by atoms with E-state index in [-0.39, 0.29) is 30.4 Å². The third-order valence-corrected chi connectivity index (χ3v) is 5.24. The van der Waals surface area contributed by atoms with Crippen molar-refractivity contribution >= 4 is 17.7 Å². The second kappa shape index (κ2) is 8.08. The fourth-order valence-corrected chi connectivity index (χ4v) is 3.85. The van der Waals surface area contributed by atoms with E-state index in [0.717, 1.165) is 5.56 Å². The highest BCUT2D eigenvalue weighted by Crippen LogP contribution is 2.33. The first-order valence-electron chi connectivity index (χ1n) is 9.42. The Balaban J connectivity index is 1.84. The Hall–Kier alpha value is -2.41. The van der Waals surface area contributed by atoms with E-state index in [4.69, 9.17) is 4.74 Å². The zero-order valence-electron chi connectivity index (χ0n) is 16.1. The lowest BCUT2D eigenvalue weighted by molar-refractivity contribution is -0.173. The first-order chi connectivity index (χ1) is 12.9. The van der Waals surface area contributed by atoms with Crippen LogP contribution in [0, 0.1) is 0 Å². The minimum Gasteiger partial charge on any atom is -0.356 e. The van der Waals surface area contributed by atoms with Crippen LogP contribution in [0.5, 0.6) is 0 Å². The second-order valence-corrected chi connectivity index (χ2v) is 7.31. The quantitative estimate of drug-likeness (QED) is 0.794. The number of piperazine rings is 1. The number of benzene rings is 1. The van der Waals surface area contributed by atoms with Crippen molar-refractivity contribution in [1.29, 1.82) is 0 Å². The lowest BCUT2D eigenvalue weighted by atomic mass is 9.95. The van der Waals surface area contributed by atoms with Gasteiger partial charge in [0.1, 0.15) is 6.61 Å². The van der Waals surface area contributed by atoms with Crippen LogP contribution in [0.3, 0.4) is 0 Å². The minimum atomic E-state index is -0.739. The number of morpholine rings is 1. The highest BCUT2D eigenvalue weighted by molar-refractivity contribution is 5.87. The molecule has 0 aliphatic carbocycles. The fourth-order valence-electron chi connectivity index (χ4n) is 3.85. The molecule has 2 aliphatic rings. The van der Waals surface area contributed by atoms with E-state index in [2.05, 4.69) is 0 Å². The summed E-state index contributed by atoms with van der Waals surface area (Å²) in [5.74, 6) is -0.204. The van der Waals surface area contributed by atoms with Gasteiger partial charge < -0.3 is 19.4 Å². The van der Waals surface area contributed by atoms with Gasteiger partial charge in [-0.15, -0.1) is 0 Å². The Bertz CT molecular complexity index is 698. The average Bonchev–Trinajstić information content (AvgIpc) is 2.67. The predicted octanol–water partition coefficient (Wildman–Crippen LogP) is 1.05. The van der Waals surface area contributed by atoms with Crippen molar-refractivity contribution in [2.75, 3.05) is 32.8 Å². The van der Waals surface area contributed by atoms with Gasteiger partial charge in [-0.1, -0.05) is 30.3 Å². The third-order valence-electron chi connectivity index (χ3n) is 5.24. The summed E-state index contributed by atoms with van der Waals surface area (Å²) in [5.41, 5.74) is 0.889. The predicted molar refractivity (Wildman–Crippen MR) is 99.7 cm³/mol. The van der Waals surface area contributed by atoms with Crippen LogP contribution in [-0.2, 0) is 19.1 Å². The summed E-state index contributed by atoms with van der Waals surface area (Å²) in [6, 6.07) is 9.07. The number of carbonyl (C=O) groups is 3. The van der Waals surface area contributed by atoms with Crippen molar-refractivity contribution in [2.45, 2.75) is 39.0 Å². The molecule has 2 aliphatic heterocycles. The molecule has 2 saturated heterocycles. The van der Waals surface area contributed by atoms with Gasteiger partial charge >= 0.3 is 0 Å². The maximum atomic E-state index is 13.2. The molecule has 146 valence electrons. The first-order valence-corrected chi connectivity index (χ1v) is 9.42. The van der Waals surface area contributed by atoms with Gasteiger partial charge in [0.05, 0.1) is 6.04 Å². The van der Waals surface area contributed by atoms with E-state index < -0.39 is 12.1 Å². The Morgan fingerprint density at radius 2 is 1.63 bits per heavy atom. The summed E-state index contributed by atoms with van der Waals surface area (Å²) in [6.45, 7) is 7.36. The van der Waals surface area contributed by atoms with E-state index in [1.807, 2.05) is 44.2 Å². The Morgan fingerprint density at radius 1 is 1.04 bits per heavy atom. The molecule has 7 heteroatoms. The number of hydrogen-bond donors (Lipinski definition) is 0. The summed E-state index contributed by atoms with van der Waals surface area (Å²) in [6.07, 6.45) is -0.739. The molecule has 2 heterocycles. The van der Waals surface area contributed by atoms with E-state index in [1.165, 1.54) is 0 Å². The molecular weight excluding hydrogens is 346 g/mol. The summed E-state index contributed by atoms with van der Waals surface area (Å²) in [7, 11) is 0. The molecule has 0 N–H and O–H groups in total. The molecule has 1 aromatic rings. The highest BCUT2D eigenvalue weighted by Gasteiger charge is 2.44. The maximum absolute atomic E-state index is 13.2. The molecule has 3 amide bonds. The number of amides is 3. The summed E-state index contributed by atoms with van der Waals surface area (Å²) < 4.78 is 5.76. The van der Waals surface area contributed by atoms with Crippen LogP contribution >= 0.6 is 0 Å². The van der Waals surface area contributed by atoms with Crippen LogP contribution in [0.2, 0.25) is 0 Å². The van der Waals surface area contributed by atoms with Crippen LogP contribution in [0.15, 0.2) is 30.3 Å². The van der Waals surface area contributed by atoms with Crippen LogP contribution in [0.4, 0.5) is 0 Å². The molecule has 2 atom stereocenters. The minimum absolute atomic E-state index is 0.0229. The molecule has 0 unspecified atom stereocenters. The molecule has 0 saturated carbocycles. The van der Waals surface area contributed by atoms with Gasteiger partial charge in [0.2, 0.25) is 11.8 Å². The number of nitrogens with zero attached hydrogens (tertiary/aromatic N) is 3. The lowest BCUT2D eigenvalue weighted by Gasteiger charge is -2.45. The van der Waals surface area contributed by atoms with Gasteiger partial charge in [0.15, 0.2) is 6.10 Å². The molecule has 0 radical (unpaired) electrons. The van der Waals surface area contributed by atoms with Crippen molar-refractivity contribution < 1.29 is 19.1 Å². The van der Waals surface area contributed by atoms with E-state index in [1.54, 1.807) is 21.6 Å². The smallest absolute Gasteiger partial charge is 0.254 e. The standard InChI is InChI=1S/C20H27N3O4/c1-14(2)23-17(25)13-27-19(18(23)16-7-5-4-6-8-16)20(26)22-11-9-21(10-12-22)15(3)24/h4-8,14,18-19H,9-13H2,1-3H3/t18-,19+/m1/s1. The normalized spacial score (nSPS) is 23.7. The molecule has 1 aromatic carbocycles. The van der Waals surface area contributed by atoms with Gasteiger partial charge in [-0.3, -0.25) is 14.4 Å². The van der Waals surface area contributed by atoms with Gasteiger partial charge in [-0.05, 0) is 19.4 Å². The van der Waals surface area contributed by atoms with Crippen molar-refractivity contribution in [3.8, 4) is 0 Å². The largest absolute Gasteiger partial charge is 0.356 e. The van der Waals surface area contributed by atoms with E-state index in [9.17, 15) is 14.4 Å². The zero-order valence-corrected chi connectivity index (χ0v) is 16.1. The van der Waals surface area contributed by atoms with E-state index >= 15 is 0 Å². The molecule has 2 fully saturated rings. The number of hydrogen-bond acceptors (Lipinski definition) is 4. The number of ether oxygens (including phenoxy) is 1. The highest BCUT2D eigenvalue weighted by atomic mass is 16.5. The third kappa shape index (κ3) is 3.98. The Kier molecular flexibility index (Phi) is 5.79. The van der Waals surface area contributed by atoms with Crippen molar-refractivity contribution in [1.82, 2.24) is 14.7 Å². The molecule has 7 nitrogen and oxygen atoms in total. The average molecular weight is 373 g/mol. The number of rotatable bonds is 3. The second-order valence-electron chi connectivity index (χ2n) is 7.31. The summed E-state index contributed by atoms with van der Waals surface area (Å²) >= 11 is 0. The van der Waals surface area contributed by atoms with Crippen molar-refractivity contribution in [3.63, 3.8) is 0 Å². The molecular formula is C20H27N3O4.